The average molecular weight is 501 g/mol. The molecule has 0 aromatic heterocycles. The van der Waals surface area contributed by atoms with E-state index in [0.717, 1.165) is 37.1 Å². The molecule has 36 heavy (non-hydrogen) atoms. The Hall–Kier alpha value is -1.84. The Balaban J connectivity index is 2.08. The molecule has 0 atom stereocenters. The van der Waals surface area contributed by atoms with Gasteiger partial charge in [-0.25, -0.2) is 0 Å². The second-order valence-electron chi connectivity index (χ2n) is 10.5. The van der Waals surface area contributed by atoms with E-state index >= 15 is 0 Å². The number of unbranched alkanes of at least 4 members (excludes halogenated alkanes) is 18. The van der Waals surface area contributed by atoms with Gasteiger partial charge in [0.1, 0.15) is 0 Å². The third-order valence-electron chi connectivity index (χ3n) is 6.94. The van der Waals surface area contributed by atoms with Gasteiger partial charge >= 0.3 is 0 Å². The fourth-order valence-electron chi connectivity index (χ4n) is 4.67. The van der Waals surface area contributed by atoms with E-state index in [2.05, 4.69) is 24.5 Å². The van der Waals surface area contributed by atoms with Crippen LogP contribution in [0.25, 0.3) is 0 Å². The number of hydrogen-bond donors (Lipinski definition) is 2. The van der Waals surface area contributed by atoms with Gasteiger partial charge in [0.25, 0.3) is 0 Å². The summed E-state index contributed by atoms with van der Waals surface area (Å²) in [7, 11) is 0. The highest BCUT2D eigenvalue weighted by molar-refractivity contribution is 5.94. The number of hydrogen-bond acceptors (Lipinski definition) is 2. The van der Waals surface area contributed by atoms with Crippen LogP contribution in [0.1, 0.15) is 155 Å². The molecule has 0 aliphatic heterocycles. The number of carbonyl (C=O) groups excluding carboxylic acids is 2. The summed E-state index contributed by atoms with van der Waals surface area (Å²) in [6.07, 6.45) is 26.5. The number of benzene rings is 1. The van der Waals surface area contributed by atoms with Crippen molar-refractivity contribution in [2.75, 3.05) is 10.6 Å². The lowest BCUT2D eigenvalue weighted by molar-refractivity contribution is -0.117. The van der Waals surface area contributed by atoms with E-state index < -0.39 is 0 Å². The van der Waals surface area contributed by atoms with Crippen LogP contribution >= 0.6 is 0 Å². The molecule has 0 heterocycles. The molecule has 0 fully saturated rings. The number of anilines is 2. The molecule has 4 nitrogen and oxygen atoms in total. The quantitative estimate of drug-likeness (QED) is 0.139. The lowest BCUT2D eigenvalue weighted by atomic mass is 10.1. The van der Waals surface area contributed by atoms with Crippen molar-refractivity contribution in [1.82, 2.24) is 0 Å². The van der Waals surface area contributed by atoms with E-state index in [4.69, 9.17) is 0 Å². The number of rotatable bonds is 24. The third kappa shape index (κ3) is 19.4. The van der Waals surface area contributed by atoms with Gasteiger partial charge in [-0.15, -0.1) is 0 Å². The van der Waals surface area contributed by atoms with Crippen LogP contribution in [0.2, 0.25) is 0 Å². The van der Waals surface area contributed by atoms with Gasteiger partial charge in [0, 0.05) is 24.2 Å². The molecule has 0 unspecified atom stereocenters. The molecule has 1 rings (SSSR count). The first-order valence-electron chi connectivity index (χ1n) is 15.4. The molecular formula is C32H56N2O2. The normalized spacial score (nSPS) is 10.9. The molecule has 1 aromatic carbocycles. The summed E-state index contributed by atoms with van der Waals surface area (Å²) in [5, 5.41) is 5.97. The van der Waals surface area contributed by atoms with Crippen LogP contribution in [-0.2, 0) is 9.59 Å². The highest BCUT2D eigenvalue weighted by Gasteiger charge is 2.06. The fraction of sp³-hybridized carbons (Fsp3) is 0.750. The van der Waals surface area contributed by atoms with Gasteiger partial charge in [-0.3, -0.25) is 9.59 Å². The minimum atomic E-state index is 0.0587. The highest BCUT2D eigenvalue weighted by atomic mass is 16.2. The van der Waals surface area contributed by atoms with Crippen molar-refractivity contribution in [3.63, 3.8) is 0 Å². The summed E-state index contributed by atoms with van der Waals surface area (Å²) in [5.74, 6) is 0.117. The van der Waals surface area contributed by atoms with Gasteiger partial charge < -0.3 is 10.6 Å². The molecule has 0 spiro atoms. The van der Waals surface area contributed by atoms with Gasteiger partial charge in [-0.2, -0.15) is 0 Å². The SMILES string of the molecule is CCCCCCCCCCCCC(=O)Nc1cccc(NC(=O)CCCCCCCCCCCC)c1. The molecule has 0 saturated carbocycles. The summed E-state index contributed by atoms with van der Waals surface area (Å²) < 4.78 is 0. The first-order valence-corrected chi connectivity index (χ1v) is 15.4. The average Bonchev–Trinajstić information content (AvgIpc) is 2.86. The lowest BCUT2D eigenvalue weighted by Gasteiger charge is -2.09. The summed E-state index contributed by atoms with van der Waals surface area (Å²) in [5.41, 5.74) is 1.51. The molecule has 0 bridgehead atoms. The van der Waals surface area contributed by atoms with Gasteiger partial charge in [0.05, 0.1) is 0 Å². The van der Waals surface area contributed by atoms with Crippen molar-refractivity contribution in [1.29, 1.82) is 0 Å². The maximum absolute atomic E-state index is 12.3. The predicted octanol–water partition coefficient (Wildman–Crippen LogP) is 10.2. The Morgan fingerprint density at radius 3 is 1.14 bits per heavy atom. The largest absolute Gasteiger partial charge is 0.326 e. The van der Waals surface area contributed by atoms with Crippen LogP contribution in [0.5, 0.6) is 0 Å². The Morgan fingerprint density at radius 1 is 0.500 bits per heavy atom. The van der Waals surface area contributed by atoms with E-state index in [0.29, 0.717) is 12.8 Å². The van der Waals surface area contributed by atoms with E-state index in [9.17, 15) is 9.59 Å². The van der Waals surface area contributed by atoms with Crippen molar-refractivity contribution in [3.8, 4) is 0 Å². The molecule has 2 N–H and O–H groups in total. The zero-order valence-corrected chi connectivity index (χ0v) is 23.7. The van der Waals surface area contributed by atoms with Crippen LogP contribution in [0, 0.1) is 0 Å². The maximum atomic E-state index is 12.3. The topological polar surface area (TPSA) is 58.2 Å². The van der Waals surface area contributed by atoms with Gasteiger partial charge in [0.2, 0.25) is 11.8 Å². The van der Waals surface area contributed by atoms with Crippen LogP contribution in [0.15, 0.2) is 24.3 Å². The van der Waals surface area contributed by atoms with Crippen molar-refractivity contribution in [2.24, 2.45) is 0 Å². The Labute approximate surface area is 222 Å². The molecule has 0 saturated heterocycles. The second kappa shape index (κ2) is 23.6. The summed E-state index contributed by atoms with van der Waals surface area (Å²) >= 11 is 0. The minimum absolute atomic E-state index is 0.0587. The van der Waals surface area contributed by atoms with Gasteiger partial charge in [0.15, 0.2) is 0 Å². The predicted molar refractivity (Wildman–Crippen MR) is 157 cm³/mol. The maximum Gasteiger partial charge on any atom is 0.224 e. The lowest BCUT2D eigenvalue weighted by Crippen LogP contribution is -2.13. The molecule has 0 aliphatic carbocycles. The summed E-state index contributed by atoms with van der Waals surface area (Å²) in [6.45, 7) is 4.51. The van der Waals surface area contributed by atoms with E-state index in [1.165, 1.54) is 103 Å². The molecular weight excluding hydrogens is 444 g/mol. The van der Waals surface area contributed by atoms with Crippen LogP contribution < -0.4 is 10.6 Å². The molecule has 4 heteroatoms. The standard InChI is InChI=1S/C32H56N2O2/c1-3-5-7-9-11-13-15-17-19-21-26-31(35)33-29-24-23-25-30(28-29)34-32(36)27-22-20-18-16-14-12-10-8-6-4-2/h23-25,28H,3-22,26-27H2,1-2H3,(H,33,35)(H,34,36). The molecule has 0 aliphatic rings. The van der Waals surface area contributed by atoms with Gasteiger partial charge in [-0.1, -0.05) is 135 Å². The van der Waals surface area contributed by atoms with E-state index in [1.54, 1.807) is 0 Å². The molecule has 0 radical (unpaired) electrons. The van der Waals surface area contributed by atoms with Crippen molar-refractivity contribution in [2.45, 2.75) is 155 Å². The van der Waals surface area contributed by atoms with Crippen molar-refractivity contribution >= 4 is 23.2 Å². The number of nitrogens with one attached hydrogen (secondary N) is 2. The third-order valence-corrected chi connectivity index (χ3v) is 6.94. The molecule has 1 aromatic rings. The Bertz CT molecular complexity index is 621. The first-order chi connectivity index (χ1) is 17.7. The second-order valence-corrected chi connectivity index (χ2v) is 10.5. The van der Waals surface area contributed by atoms with Crippen molar-refractivity contribution in [3.05, 3.63) is 24.3 Å². The van der Waals surface area contributed by atoms with Crippen LogP contribution in [0.4, 0.5) is 11.4 Å². The number of carbonyl (C=O) groups is 2. The zero-order valence-electron chi connectivity index (χ0n) is 23.7. The summed E-state index contributed by atoms with van der Waals surface area (Å²) in [4.78, 5) is 24.6. The molecule has 2 amide bonds. The monoisotopic (exact) mass is 500 g/mol. The first kappa shape index (κ1) is 32.2. The number of amides is 2. The smallest absolute Gasteiger partial charge is 0.224 e. The van der Waals surface area contributed by atoms with Gasteiger partial charge in [-0.05, 0) is 31.0 Å². The van der Waals surface area contributed by atoms with E-state index in [-0.39, 0.29) is 11.8 Å². The fourth-order valence-corrected chi connectivity index (χ4v) is 4.67. The van der Waals surface area contributed by atoms with Crippen molar-refractivity contribution < 1.29 is 9.59 Å². The highest BCUT2D eigenvalue weighted by Crippen LogP contribution is 2.17. The van der Waals surface area contributed by atoms with Crippen LogP contribution in [0.3, 0.4) is 0 Å². The summed E-state index contributed by atoms with van der Waals surface area (Å²) in [6, 6.07) is 7.50. The Kier molecular flexibility index (Phi) is 21.1. The Morgan fingerprint density at radius 2 is 0.806 bits per heavy atom. The minimum Gasteiger partial charge on any atom is -0.326 e. The zero-order chi connectivity index (χ0) is 26.1. The van der Waals surface area contributed by atoms with Crippen LogP contribution in [-0.4, -0.2) is 11.8 Å². The van der Waals surface area contributed by atoms with E-state index in [1.807, 2.05) is 24.3 Å². The molecule has 206 valence electrons.